The molecule has 0 aliphatic carbocycles. The molecule has 0 aliphatic rings. The fourth-order valence-corrected chi connectivity index (χ4v) is 2.82. The molecule has 0 radical (unpaired) electrons. The van der Waals surface area contributed by atoms with E-state index in [0.717, 1.165) is 11.3 Å². The highest BCUT2D eigenvalue weighted by Gasteiger charge is 2.10. The Morgan fingerprint density at radius 3 is 2.61 bits per heavy atom. The molecular formula is C21H18N4O3. The minimum absolute atomic E-state index is 0.173. The third-order valence-electron chi connectivity index (χ3n) is 4.23. The number of furan rings is 1. The van der Waals surface area contributed by atoms with E-state index < -0.39 is 0 Å². The SMILES string of the molecule is O=C(NCCc1cn2ccccc2n1)c1ccc(NC(=O)c2ccco2)cc1. The molecule has 4 rings (SSSR count). The summed E-state index contributed by atoms with van der Waals surface area (Å²) in [5, 5.41) is 5.60. The number of hydrogen-bond donors (Lipinski definition) is 2. The maximum absolute atomic E-state index is 12.3. The molecule has 0 saturated heterocycles. The molecule has 0 bridgehead atoms. The van der Waals surface area contributed by atoms with Crippen molar-refractivity contribution in [1.82, 2.24) is 14.7 Å². The van der Waals surface area contributed by atoms with Crippen LogP contribution in [0.1, 0.15) is 26.6 Å². The largest absolute Gasteiger partial charge is 0.459 e. The number of carbonyl (C=O) groups is 2. The Balaban J connectivity index is 1.30. The van der Waals surface area contributed by atoms with Gasteiger partial charge in [-0.15, -0.1) is 0 Å². The fraction of sp³-hybridized carbons (Fsp3) is 0.0952. The summed E-state index contributed by atoms with van der Waals surface area (Å²) >= 11 is 0. The van der Waals surface area contributed by atoms with Crippen molar-refractivity contribution < 1.29 is 14.0 Å². The van der Waals surface area contributed by atoms with Gasteiger partial charge in [0.05, 0.1) is 12.0 Å². The van der Waals surface area contributed by atoms with Crippen LogP contribution in [-0.2, 0) is 6.42 Å². The number of fused-ring (bicyclic) bond motifs is 1. The Labute approximate surface area is 161 Å². The Morgan fingerprint density at radius 2 is 1.86 bits per heavy atom. The lowest BCUT2D eigenvalue weighted by atomic mass is 10.2. The normalized spacial score (nSPS) is 10.7. The average Bonchev–Trinajstić information content (AvgIpc) is 3.38. The molecule has 7 nitrogen and oxygen atoms in total. The van der Waals surface area contributed by atoms with Gasteiger partial charge in [-0.25, -0.2) is 4.98 Å². The lowest BCUT2D eigenvalue weighted by Gasteiger charge is -2.06. The average molecular weight is 374 g/mol. The number of amides is 2. The Hall–Kier alpha value is -3.87. The first-order valence-corrected chi connectivity index (χ1v) is 8.85. The van der Waals surface area contributed by atoms with Gasteiger partial charge in [-0.05, 0) is 48.5 Å². The van der Waals surface area contributed by atoms with Crippen LogP contribution in [0.25, 0.3) is 5.65 Å². The van der Waals surface area contributed by atoms with Crippen LogP contribution in [0, 0.1) is 0 Å². The summed E-state index contributed by atoms with van der Waals surface area (Å²) in [5.74, 6) is -0.281. The third kappa shape index (κ3) is 3.93. The van der Waals surface area contributed by atoms with E-state index in [2.05, 4.69) is 15.6 Å². The van der Waals surface area contributed by atoms with Gasteiger partial charge in [0.15, 0.2) is 5.76 Å². The van der Waals surface area contributed by atoms with Gasteiger partial charge in [-0.3, -0.25) is 9.59 Å². The van der Waals surface area contributed by atoms with Crippen LogP contribution in [0.2, 0.25) is 0 Å². The highest BCUT2D eigenvalue weighted by atomic mass is 16.3. The molecule has 3 aromatic heterocycles. The number of benzene rings is 1. The highest BCUT2D eigenvalue weighted by molar-refractivity contribution is 6.02. The summed E-state index contributed by atoms with van der Waals surface area (Å²) < 4.78 is 7.00. The van der Waals surface area contributed by atoms with E-state index in [0.29, 0.717) is 24.2 Å². The second-order valence-electron chi connectivity index (χ2n) is 6.21. The predicted molar refractivity (Wildman–Crippen MR) is 104 cm³/mol. The number of rotatable bonds is 6. The second kappa shape index (κ2) is 7.79. The number of aromatic nitrogens is 2. The van der Waals surface area contributed by atoms with Crippen LogP contribution in [0.15, 0.2) is 77.7 Å². The zero-order valence-corrected chi connectivity index (χ0v) is 15.0. The van der Waals surface area contributed by atoms with E-state index in [1.165, 1.54) is 6.26 Å². The molecule has 0 saturated carbocycles. The quantitative estimate of drug-likeness (QED) is 0.543. The van der Waals surface area contributed by atoms with Gasteiger partial charge in [0, 0.05) is 36.6 Å². The van der Waals surface area contributed by atoms with Gasteiger partial charge >= 0.3 is 0 Å². The van der Waals surface area contributed by atoms with E-state index in [4.69, 9.17) is 4.42 Å². The van der Waals surface area contributed by atoms with Crippen molar-refractivity contribution >= 4 is 23.1 Å². The van der Waals surface area contributed by atoms with Gasteiger partial charge in [0.1, 0.15) is 5.65 Å². The first kappa shape index (κ1) is 17.5. The van der Waals surface area contributed by atoms with Gasteiger partial charge in [0.25, 0.3) is 11.8 Å². The van der Waals surface area contributed by atoms with Crippen LogP contribution in [0.5, 0.6) is 0 Å². The second-order valence-corrected chi connectivity index (χ2v) is 6.21. The number of anilines is 1. The third-order valence-corrected chi connectivity index (χ3v) is 4.23. The number of imidazole rings is 1. The Morgan fingerprint density at radius 1 is 1.00 bits per heavy atom. The van der Waals surface area contributed by atoms with Crippen LogP contribution in [0.3, 0.4) is 0 Å². The molecule has 0 aliphatic heterocycles. The number of nitrogens with one attached hydrogen (secondary N) is 2. The molecule has 28 heavy (non-hydrogen) atoms. The number of carbonyl (C=O) groups excluding carboxylic acids is 2. The summed E-state index contributed by atoms with van der Waals surface area (Å²) in [7, 11) is 0. The van der Waals surface area contributed by atoms with Crippen LogP contribution in [0.4, 0.5) is 5.69 Å². The summed E-state index contributed by atoms with van der Waals surface area (Å²) in [5.41, 5.74) is 2.91. The van der Waals surface area contributed by atoms with Crippen molar-refractivity contribution in [2.45, 2.75) is 6.42 Å². The van der Waals surface area contributed by atoms with Crippen molar-refractivity contribution in [3.8, 4) is 0 Å². The van der Waals surface area contributed by atoms with Crippen molar-refractivity contribution in [2.75, 3.05) is 11.9 Å². The standard InChI is InChI=1S/C21H18N4O3/c26-20(22-11-10-17-14-25-12-2-1-5-19(25)23-17)15-6-8-16(9-7-15)24-21(27)18-4-3-13-28-18/h1-9,12-14H,10-11H2,(H,22,26)(H,24,27). The molecule has 1 aromatic carbocycles. The van der Waals surface area contributed by atoms with Gasteiger partial charge in [-0.1, -0.05) is 6.07 Å². The first-order valence-electron chi connectivity index (χ1n) is 8.85. The minimum atomic E-state index is -0.338. The van der Waals surface area contributed by atoms with Crippen LogP contribution < -0.4 is 10.6 Å². The fourth-order valence-electron chi connectivity index (χ4n) is 2.82. The molecule has 3 heterocycles. The summed E-state index contributed by atoms with van der Waals surface area (Å²) in [6, 6.07) is 15.7. The molecule has 7 heteroatoms. The lowest BCUT2D eigenvalue weighted by Crippen LogP contribution is -2.25. The van der Waals surface area contributed by atoms with E-state index in [-0.39, 0.29) is 17.6 Å². The van der Waals surface area contributed by atoms with Crippen molar-refractivity contribution in [3.63, 3.8) is 0 Å². The molecule has 2 N–H and O–H groups in total. The molecule has 140 valence electrons. The molecule has 4 aromatic rings. The monoisotopic (exact) mass is 374 g/mol. The topological polar surface area (TPSA) is 88.6 Å². The van der Waals surface area contributed by atoms with E-state index in [9.17, 15) is 9.59 Å². The zero-order chi connectivity index (χ0) is 19.3. The number of nitrogens with zero attached hydrogens (tertiary/aromatic N) is 2. The minimum Gasteiger partial charge on any atom is -0.459 e. The summed E-state index contributed by atoms with van der Waals surface area (Å²) in [6.07, 6.45) is 5.98. The smallest absolute Gasteiger partial charge is 0.291 e. The maximum atomic E-state index is 12.3. The van der Waals surface area contributed by atoms with Crippen molar-refractivity contribution in [1.29, 1.82) is 0 Å². The maximum Gasteiger partial charge on any atom is 0.291 e. The molecule has 0 unspecified atom stereocenters. The zero-order valence-electron chi connectivity index (χ0n) is 15.0. The van der Waals surface area contributed by atoms with Crippen LogP contribution in [-0.4, -0.2) is 27.7 Å². The van der Waals surface area contributed by atoms with Crippen molar-refractivity contribution in [2.24, 2.45) is 0 Å². The lowest BCUT2D eigenvalue weighted by molar-refractivity contribution is 0.0953. The highest BCUT2D eigenvalue weighted by Crippen LogP contribution is 2.12. The van der Waals surface area contributed by atoms with Gasteiger partial charge in [-0.2, -0.15) is 0 Å². The van der Waals surface area contributed by atoms with Crippen molar-refractivity contribution in [3.05, 3.63) is 90.3 Å². The van der Waals surface area contributed by atoms with E-state index in [1.54, 1.807) is 36.4 Å². The van der Waals surface area contributed by atoms with Gasteiger partial charge < -0.3 is 19.5 Å². The number of hydrogen-bond acceptors (Lipinski definition) is 4. The summed E-state index contributed by atoms with van der Waals surface area (Å²) in [4.78, 5) is 28.7. The number of pyridine rings is 1. The molecule has 0 spiro atoms. The Bertz CT molecular complexity index is 1070. The molecule has 0 atom stereocenters. The van der Waals surface area contributed by atoms with E-state index >= 15 is 0 Å². The molecule has 0 fully saturated rings. The summed E-state index contributed by atoms with van der Waals surface area (Å²) in [6.45, 7) is 0.486. The Kier molecular flexibility index (Phi) is 4.88. The molecular weight excluding hydrogens is 356 g/mol. The molecule has 2 amide bonds. The predicted octanol–water partition coefficient (Wildman–Crippen LogP) is 3.15. The first-order chi connectivity index (χ1) is 13.7. The van der Waals surface area contributed by atoms with Gasteiger partial charge in [0.2, 0.25) is 0 Å². The van der Waals surface area contributed by atoms with E-state index in [1.807, 2.05) is 35.0 Å². The van der Waals surface area contributed by atoms with Crippen LogP contribution >= 0.6 is 0 Å².